The quantitative estimate of drug-likeness (QED) is 0.926. The van der Waals surface area contributed by atoms with Crippen molar-refractivity contribution in [2.24, 2.45) is 0 Å². The summed E-state index contributed by atoms with van der Waals surface area (Å²) < 4.78 is 0. The van der Waals surface area contributed by atoms with E-state index in [2.05, 4.69) is 50.2 Å². The Morgan fingerprint density at radius 1 is 1.45 bits per heavy atom. The van der Waals surface area contributed by atoms with Crippen molar-refractivity contribution in [2.75, 3.05) is 13.1 Å². The number of rotatable bonds is 3. The lowest BCUT2D eigenvalue weighted by molar-refractivity contribution is 0.194. The zero-order chi connectivity index (χ0) is 14.8. The Kier molecular flexibility index (Phi) is 5.21. The van der Waals surface area contributed by atoms with Crippen LogP contribution in [-0.2, 0) is 12.0 Å². The third kappa shape index (κ3) is 4.03. The maximum atomic E-state index is 4.85. The first-order valence-corrected chi connectivity index (χ1v) is 8.70. The van der Waals surface area contributed by atoms with Gasteiger partial charge in [0.15, 0.2) is 0 Å². The van der Waals surface area contributed by atoms with Crippen molar-refractivity contribution < 1.29 is 0 Å². The Morgan fingerprint density at radius 3 is 2.80 bits per heavy atom. The molecule has 2 rings (SSSR count). The summed E-state index contributed by atoms with van der Waals surface area (Å²) in [5.74, 6) is 0. The van der Waals surface area contributed by atoms with E-state index in [1.165, 1.54) is 23.5 Å². The molecule has 0 aromatic carbocycles. The molecule has 0 amide bonds. The summed E-state index contributed by atoms with van der Waals surface area (Å²) in [7, 11) is 0. The average Bonchev–Trinajstić information content (AvgIpc) is 2.77. The molecule has 0 radical (unpaired) electrons. The number of hydrogen-bond donors (Lipinski definition) is 1. The molecule has 20 heavy (non-hydrogen) atoms. The topological polar surface area (TPSA) is 28.2 Å². The van der Waals surface area contributed by atoms with Gasteiger partial charge in [-0.3, -0.25) is 4.90 Å². The number of hydrogen-bond acceptors (Lipinski definition) is 4. The van der Waals surface area contributed by atoms with Gasteiger partial charge in [-0.05, 0) is 26.3 Å². The minimum absolute atomic E-state index is 0.159. The van der Waals surface area contributed by atoms with Crippen molar-refractivity contribution >= 4 is 11.3 Å². The van der Waals surface area contributed by atoms with Gasteiger partial charge >= 0.3 is 0 Å². The third-order valence-corrected chi connectivity index (χ3v) is 5.06. The molecular formula is C16H29N3S. The Morgan fingerprint density at radius 2 is 2.20 bits per heavy atom. The molecule has 0 spiro atoms. The molecule has 0 saturated carbocycles. The van der Waals surface area contributed by atoms with Crippen LogP contribution in [0.4, 0.5) is 0 Å². The van der Waals surface area contributed by atoms with Crippen LogP contribution in [0.1, 0.15) is 58.2 Å². The van der Waals surface area contributed by atoms with Crippen LogP contribution in [0.3, 0.4) is 0 Å². The van der Waals surface area contributed by atoms with E-state index < -0.39 is 0 Å². The number of nitrogens with one attached hydrogen (secondary N) is 1. The first kappa shape index (κ1) is 15.9. The van der Waals surface area contributed by atoms with Crippen LogP contribution in [-0.4, -0.2) is 35.1 Å². The van der Waals surface area contributed by atoms with Crippen LogP contribution in [0.15, 0.2) is 5.38 Å². The van der Waals surface area contributed by atoms with Crippen molar-refractivity contribution in [1.29, 1.82) is 0 Å². The summed E-state index contributed by atoms with van der Waals surface area (Å²) in [4.78, 5) is 7.44. The van der Waals surface area contributed by atoms with E-state index in [4.69, 9.17) is 4.98 Å². The van der Waals surface area contributed by atoms with E-state index >= 15 is 0 Å². The van der Waals surface area contributed by atoms with Gasteiger partial charge in [0.1, 0.15) is 5.01 Å². The summed E-state index contributed by atoms with van der Waals surface area (Å²) in [6, 6.07) is 1.27. The van der Waals surface area contributed by atoms with Gasteiger partial charge in [-0.25, -0.2) is 4.98 Å². The highest BCUT2D eigenvalue weighted by atomic mass is 32.1. The fourth-order valence-corrected chi connectivity index (χ4v) is 3.65. The van der Waals surface area contributed by atoms with Crippen LogP contribution in [0.25, 0.3) is 0 Å². The zero-order valence-corrected chi connectivity index (χ0v) is 14.4. The summed E-state index contributed by atoms with van der Waals surface area (Å²) in [6.07, 6.45) is 2.43. The monoisotopic (exact) mass is 295 g/mol. The van der Waals surface area contributed by atoms with E-state index in [0.29, 0.717) is 12.1 Å². The zero-order valence-electron chi connectivity index (χ0n) is 13.6. The van der Waals surface area contributed by atoms with Crippen molar-refractivity contribution in [3.63, 3.8) is 0 Å². The van der Waals surface area contributed by atoms with E-state index in [9.17, 15) is 0 Å². The molecule has 0 bridgehead atoms. The Hall–Kier alpha value is -0.450. The van der Waals surface area contributed by atoms with Gasteiger partial charge in [0.25, 0.3) is 0 Å². The summed E-state index contributed by atoms with van der Waals surface area (Å²) in [5.41, 5.74) is 1.39. The highest BCUT2D eigenvalue weighted by Crippen LogP contribution is 2.25. The van der Waals surface area contributed by atoms with Crippen LogP contribution in [0, 0.1) is 0 Å². The van der Waals surface area contributed by atoms with Crippen LogP contribution in [0.2, 0.25) is 0 Å². The molecule has 1 aromatic rings. The van der Waals surface area contributed by atoms with Gasteiger partial charge in [-0.2, -0.15) is 0 Å². The van der Waals surface area contributed by atoms with E-state index in [1.807, 2.05) is 11.3 Å². The predicted octanol–water partition coefficient (Wildman–Crippen LogP) is 3.40. The highest BCUT2D eigenvalue weighted by molar-refractivity contribution is 7.09. The lowest BCUT2D eigenvalue weighted by Crippen LogP contribution is -2.39. The molecule has 2 atom stereocenters. The molecule has 1 saturated heterocycles. The summed E-state index contributed by atoms with van der Waals surface area (Å²) in [5, 5.41) is 7.14. The van der Waals surface area contributed by atoms with Crippen molar-refractivity contribution in [3.8, 4) is 0 Å². The number of aromatic nitrogens is 1. The Labute approximate surface area is 127 Å². The first-order valence-electron chi connectivity index (χ1n) is 7.82. The van der Waals surface area contributed by atoms with E-state index in [0.717, 1.165) is 19.6 Å². The number of thiazole rings is 1. The molecule has 1 fully saturated rings. The van der Waals surface area contributed by atoms with Crippen LogP contribution in [0.5, 0.6) is 0 Å². The van der Waals surface area contributed by atoms with E-state index in [1.54, 1.807) is 0 Å². The second-order valence-corrected chi connectivity index (χ2v) is 7.95. The SMILES string of the molecule is CCC1CN(Cc2nc(C(C)(C)C)cs2)C(C)CCN1. The fourth-order valence-electron chi connectivity index (χ4n) is 2.60. The molecule has 0 aliphatic carbocycles. The van der Waals surface area contributed by atoms with Crippen molar-refractivity contribution in [3.05, 3.63) is 16.1 Å². The minimum atomic E-state index is 0.159. The largest absolute Gasteiger partial charge is 0.313 e. The van der Waals surface area contributed by atoms with E-state index in [-0.39, 0.29) is 5.41 Å². The average molecular weight is 295 g/mol. The highest BCUT2D eigenvalue weighted by Gasteiger charge is 2.24. The normalized spacial score (nSPS) is 25.6. The van der Waals surface area contributed by atoms with Gasteiger partial charge in [0.2, 0.25) is 0 Å². The Bertz CT molecular complexity index is 422. The number of nitrogens with zero attached hydrogens (tertiary/aromatic N) is 2. The second-order valence-electron chi connectivity index (χ2n) is 7.00. The maximum Gasteiger partial charge on any atom is 0.107 e. The second kappa shape index (κ2) is 6.54. The maximum absolute atomic E-state index is 4.85. The first-order chi connectivity index (χ1) is 9.40. The van der Waals surface area contributed by atoms with Gasteiger partial charge in [-0.15, -0.1) is 11.3 Å². The molecule has 114 valence electrons. The molecule has 3 nitrogen and oxygen atoms in total. The molecule has 2 heterocycles. The Balaban J connectivity index is 2.05. The molecule has 1 aliphatic heterocycles. The molecular weight excluding hydrogens is 266 g/mol. The van der Waals surface area contributed by atoms with Gasteiger partial charge < -0.3 is 5.32 Å². The van der Waals surface area contributed by atoms with Crippen molar-refractivity contribution in [1.82, 2.24) is 15.2 Å². The molecule has 1 N–H and O–H groups in total. The standard InChI is InChI=1S/C16H29N3S/c1-6-13-9-19(12(2)7-8-17-13)10-15-18-14(11-20-15)16(3,4)5/h11-13,17H,6-10H2,1-5H3. The fraction of sp³-hybridized carbons (Fsp3) is 0.812. The molecule has 4 heteroatoms. The lowest BCUT2D eigenvalue weighted by atomic mass is 9.93. The predicted molar refractivity (Wildman–Crippen MR) is 87.4 cm³/mol. The summed E-state index contributed by atoms with van der Waals surface area (Å²) in [6.45, 7) is 14.6. The van der Waals surface area contributed by atoms with Gasteiger partial charge in [-0.1, -0.05) is 27.7 Å². The van der Waals surface area contributed by atoms with Gasteiger partial charge in [0, 0.05) is 29.4 Å². The molecule has 1 aliphatic rings. The molecule has 1 aromatic heterocycles. The molecule has 2 unspecified atom stereocenters. The lowest BCUT2D eigenvalue weighted by Gasteiger charge is -2.27. The summed E-state index contributed by atoms with van der Waals surface area (Å²) >= 11 is 1.81. The minimum Gasteiger partial charge on any atom is -0.313 e. The third-order valence-electron chi connectivity index (χ3n) is 4.22. The van der Waals surface area contributed by atoms with Gasteiger partial charge in [0.05, 0.1) is 12.2 Å². The van der Waals surface area contributed by atoms with Crippen LogP contribution >= 0.6 is 11.3 Å². The smallest absolute Gasteiger partial charge is 0.107 e. The van der Waals surface area contributed by atoms with Crippen LogP contribution < -0.4 is 5.32 Å². The van der Waals surface area contributed by atoms with Crippen molar-refractivity contribution in [2.45, 2.75) is 71.5 Å².